The first-order chi connectivity index (χ1) is 17.5. The van der Waals surface area contributed by atoms with Crippen LogP contribution in [0.25, 0.3) is 5.69 Å². The molecule has 4 aromatic rings. The summed E-state index contributed by atoms with van der Waals surface area (Å²) in [7, 11) is 0. The van der Waals surface area contributed by atoms with E-state index in [0.717, 1.165) is 0 Å². The molecule has 1 aliphatic rings. The molecule has 6 nitrogen and oxygen atoms in total. The Labute approximate surface area is 215 Å². The lowest BCUT2D eigenvalue weighted by molar-refractivity contribution is 0.0588. The van der Waals surface area contributed by atoms with Crippen molar-refractivity contribution in [3.05, 3.63) is 129 Å². The Morgan fingerprint density at radius 1 is 0.833 bits per heavy atom. The predicted octanol–water partition coefficient (Wildman–Crippen LogP) is 4.74. The van der Waals surface area contributed by atoms with Crippen molar-refractivity contribution in [1.29, 1.82) is 0 Å². The Hall–Kier alpha value is -3.74. The molecular weight excluding hydrogens is 472 g/mol. The van der Waals surface area contributed by atoms with Gasteiger partial charge in [0.25, 0.3) is 5.91 Å². The lowest BCUT2D eigenvalue weighted by Crippen LogP contribution is -2.50. The third-order valence-corrected chi connectivity index (χ3v) is 6.91. The van der Waals surface area contributed by atoms with Crippen molar-refractivity contribution in [3.63, 3.8) is 0 Å². The smallest absolute Gasteiger partial charge is 0.278 e. The van der Waals surface area contributed by atoms with Gasteiger partial charge in [-0.15, -0.1) is 0 Å². The Morgan fingerprint density at radius 2 is 1.39 bits per heavy atom. The van der Waals surface area contributed by atoms with E-state index in [-0.39, 0.29) is 23.1 Å². The number of rotatable bonds is 5. The molecule has 1 fully saturated rings. The van der Waals surface area contributed by atoms with E-state index < -0.39 is 0 Å². The summed E-state index contributed by atoms with van der Waals surface area (Å²) in [6.45, 7) is 4.17. The van der Waals surface area contributed by atoms with Crippen LogP contribution >= 0.6 is 11.6 Å². The SMILES string of the molecule is Cc1cc(=O)c(C(=O)N2CCN(C(c3ccccc3)c3ccccc3)CC2)nn1-c1ccccc1Cl. The highest BCUT2D eigenvalue weighted by Gasteiger charge is 2.30. The first-order valence-electron chi connectivity index (χ1n) is 12.0. The molecule has 1 aromatic heterocycles. The number of para-hydroxylation sites is 1. The van der Waals surface area contributed by atoms with Crippen LogP contribution in [-0.4, -0.2) is 51.7 Å². The molecule has 0 unspecified atom stereocenters. The summed E-state index contributed by atoms with van der Waals surface area (Å²) in [5.74, 6) is -0.351. The molecular formula is C29H27ClN4O2. The average Bonchev–Trinajstić information content (AvgIpc) is 2.91. The summed E-state index contributed by atoms with van der Waals surface area (Å²) >= 11 is 6.36. The molecule has 2 heterocycles. The van der Waals surface area contributed by atoms with Gasteiger partial charge in [0.05, 0.1) is 16.8 Å². The first-order valence-corrected chi connectivity index (χ1v) is 12.4. The number of nitrogens with zero attached hydrogens (tertiary/aromatic N) is 4. The average molecular weight is 499 g/mol. The van der Waals surface area contributed by atoms with E-state index in [1.807, 2.05) is 30.3 Å². The van der Waals surface area contributed by atoms with Gasteiger partial charge in [0.2, 0.25) is 5.43 Å². The molecule has 0 saturated carbocycles. The molecule has 0 radical (unpaired) electrons. The third-order valence-electron chi connectivity index (χ3n) is 6.59. The van der Waals surface area contributed by atoms with Gasteiger partial charge in [0, 0.05) is 37.9 Å². The first kappa shape index (κ1) is 24.0. The zero-order chi connectivity index (χ0) is 25.1. The van der Waals surface area contributed by atoms with Gasteiger partial charge in [-0.3, -0.25) is 14.5 Å². The summed E-state index contributed by atoms with van der Waals surface area (Å²) in [6, 6.07) is 29.6. The van der Waals surface area contributed by atoms with Crippen molar-refractivity contribution in [2.75, 3.05) is 26.2 Å². The van der Waals surface area contributed by atoms with E-state index in [2.05, 4.69) is 58.5 Å². The van der Waals surface area contributed by atoms with Crippen LogP contribution < -0.4 is 5.43 Å². The Kier molecular flexibility index (Phi) is 6.98. The van der Waals surface area contributed by atoms with E-state index >= 15 is 0 Å². The molecule has 1 saturated heterocycles. The zero-order valence-electron chi connectivity index (χ0n) is 20.0. The van der Waals surface area contributed by atoms with Gasteiger partial charge in [-0.05, 0) is 30.2 Å². The number of piperazine rings is 1. The molecule has 182 valence electrons. The van der Waals surface area contributed by atoms with Crippen molar-refractivity contribution in [1.82, 2.24) is 19.6 Å². The standard InChI is InChI=1S/C29H27ClN4O2/c1-21-20-26(35)27(31-34(21)25-15-9-8-14-24(25)30)29(36)33-18-16-32(17-19-33)28(22-10-4-2-5-11-22)23-12-6-3-7-13-23/h2-15,20,28H,16-19H2,1H3. The Balaban J connectivity index is 1.38. The number of halogens is 1. The van der Waals surface area contributed by atoms with Gasteiger partial charge in [-0.2, -0.15) is 5.10 Å². The predicted molar refractivity (Wildman–Crippen MR) is 142 cm³/mol. The highest BCUT2D eigenvalue weighted by Crippen LogP contribution is 2.29. The quantitative estimate of drug-likeness (QED) is 0.399. The van der Waals surface area contributed by atoms with E-state index in [1.54, 1.807) is 22.6 Å². The number of benzene rings is 3. The molecule has 36 heavy (non-hydrogen) atoms. The molecule has 0 atom stereocenters. The fraction of sp³-hybridized carbons (Fsp3) is 0.207. The molecule has 0 aliphatic carbocycles. The van der Waals surface area contributed by atoms with Crippen molar-refractivity contribution in [3.8, 4) is 5.69 Å². The second-order valence-corrected chi connectivity index (χ2v) is 9.32. The second kappa shape index (κ2) is 10.5. The van der Waals surface area contributed by atoms with E-state index in [9.17, 15) is 9.59 Å². The van der Waals surface area contributed by atoms with Crippen LogP contribution in [0.5, 0.6) is 0 Å². The van der Waals surface area contributed by atoms with Crippen molar-refractivity contribution >= 4 is 17.5 Å². The van der Waals surface area contributed by atoms with Crippen LogP contribution in [0.2, 0.25) is 5.02 Å². The molecule has 1 aliphatic heterocycles. The Morgan fingerprint density at radius 3 is 1.97 bits per heavy atom. The van der Waals surface area contributed by atoms with E-state index in [0.29, 0.717) is 42.6 Å². The number of hydrogen-bond acceptors (Lipinski definition) is 4. The molecule has 1 amide bonds. The van der Waals surface area contributed by atoms with Gasteiger partial charge < -0.3 is 4.90 Å². The summed E-state index contributed by atoms with van der Waals surface area (Å²) in [5, 5.41) is 4.94. The van der Waals surface area contributed by atoms with Crippen molar-refractivity contribution in [2.45, 2.75) is 13.0 Å². The van der Waals surface area contributed by atoms with Crippen LogP contribution in [0.15, 0.2) is 95.8 Å². The van der Waals surface area contributed by atoms with Crippen LogP contribution in [0.4, 0.5) is 0 Å². The topological polar surface area (TPSA) is 58.4 Å². The molecule has 0 spiro atoms. The summed E-state index contributed by atoms with van der Waals surface area (Å²) in [4.78, 5) is 30.3. The molecule has 7 heteroatoms. The van der Waals surface area contributed by atoms with E-state index in [4.69, 9.17) is 11.6 Å². The van der Waals surface area contributed by atoms with Crippen LogP contribution in [0, 0.1) is 6.92 Å². The number of amides is 1. The fourth-order valence-corrected chi connectivity index (χ4v) is 5.00. The maximum Gasteiger partial charge on any atom is 0.278 e. The number of hydrogen-bond donors (Lipinski definition) is 0. The van der Waals surface area contributed by atoms with Gasteiger partial charge in [-0.25, -0.2) is 4.68 Å². The lowest BCUT2D eigenvalue weighted by atomic mass is 9.96. The van der Waals surface area contributed by atoms with Gasteiger partial charge in [0.1, 0.15) is 0 Å². The number of carbonyl (C=O) groups excluding carboxylic acids is 1. The Bertz CT molecular complexity index is 1370. The molecule has 5 rings (SSSR count). The summed E-state index contributed by atoms with van der Waals surface area (Å²) in [6.07, 6.45) is 0. The van der Waals surface area contributed by atoms with Crippen molar-refractivity contribution < 1.29 is 4.79 Å². The minimum absolute atomic E-state index is 0.0864. The zero-order valence-corrected chi connectivity index (χ0v) is 20.8. The summed E-state index contributed by atoms with van der Waals surface area (Å²) < 4.78 is 1.56. The van der Waals surface area contributed by atoms with Crippen LogP contribution in [0.3, 0.4) is 0 Å². The normalized spacial score (nSPS) is 14.2. The molecule has 0 bridgehead atoms. The molecule has 3 aromatic carbocycles. The van der Waals surface area contributed by atoms with Crippen LogP contribution in [-0.2, 0) is 0 Å². The van der Waals surface area contributed by atoms with Gasteiger partial charge in [-0.1, -0.05) is 84.4 Å². The molecule has 0 N–H and O–H groups in total. The minimum atomic E-state index is -0.380. The minimum Gasteiger partial charge on any atom is -0.335 e. The largest absolute Gasteiger partial charge is 0.335 e. The van der Waals surface area contributed by atoms with Crippen LogP contribution in [0.1, 0.15) is 33.4 Å². The second-order valence-electron chi connectivity index (χ2n) is 8.91. The highest BCUT2D eigenvalue weighted by molar-refractivity contribution is 6.32. The highest BCUT2D eigenvalue weighted by atomic mass is 35.5. The van der Waals surface area contributed by atoms with Crippen molar-refractivity contribution in [2.24, 2.45) is 0 Å². The maximum atomic E-state index is 13.4. The summed E-state index contributed by atoms with van der Waals surface area (Å²) in [5.41, 5.74) is 3.20. The number of carbonyl (C=O) groups is 1. The lowest BCUT2D eigenvalue weighted by Gasteiger charge is -2.39. The monoisotopic (exact) mass is 498 g/mol. The number of aromatic nitrogens is 2. The van der Waals surface area contributed by atoms with Gasteiger partial charge in [0.15, 0.2) is 5.69 Å². The van der Waals surface area contributed by atoms with Gasteiger partial charge >= 0.3 is 0 Å². The third kappa shape index (κ3) is 4.83. The fourth-order valence-electron chi connectivity index (χ4n) is 4.78. The maximum absolute atomic E-state index is 13.4. The van der Waals surface area contributed by atoms with E-state index in [1.165, 1.54) is 17.2 Å². The number of aryl methyl sites for hydroxylation is 1.